The summed E-state index contributed by atoms with van der Waals surface area (Å²) in [7, 11) is 1.39. The van der Waals surface area contributed by atoms with E-state index < -0.39 is 11.5 Å². The minimum Gasteiger partial charge on any atom is -0.482 e. The zero-order valence-corrected chi connectivity index (χ0v) is 12.4. The number of hydrogen-bond donors (Lipinski definition) is 1. The van der Waals surface area contributed by atoms with Gasteiger partial charge in [-0.3, -0.25) is 0 Å². The molecular weight excluding hydrogens is 297 g/mol. The summed E-state index contributed by atoms with van der Waals surface area (Å²) in [6.45, 7) is 1.91. The number of aliphatic carboxylic acids is 1. The molecule has 1 heterocycles. The van der Waals surface area contributed by atoms with Crippen LogP contribution in [-0.4, -0.2) is 28.6 Å². The SMILES string of the molecule is COC1=C(C(=O)O)C(C)=CC(Cl)N1Cc1cccc(F)c1. The van der Waals surface area contributed by atoms with Gasteiger partial charge in [0.25, 0.3) is 0 Å². The van der Waals surface area contributed by atoms with Crippen molar-refractivity contribution < 1.29 is 19.0 Å². The lowest BCUT2D eigenvalue weighted by atomic mass is 10.0. The molecule has 1 aromatic rings. The Morgan fingerprint density at radius 1 is 1.52 bits per heavy atom. The molecule has 1 N–H and O–H groups in total. The molecule has 1 unspecified atom stereocenters. The maximum absolute atomic E-state index is 13.3. The molecule has 0 saturated heterocycles. The highest BCUT2D eigenvalue weighted by Crippen LogP contribution is 2.30. The third-order valence-electron chi connectivity index (χ3n) is 3.20. The van der Waals surface area contributed by atoms with E-state index in [1.807, 2.05) is 0 Å². The van der Waals surface area contributed by atoms with E-state index in [9.17, 15) is 14.3 Å². The van der Waals surface area contributed by atoms with Gasteiger partial charge in [0.05, 0.1) is 7.11 Å². The van der Waals surface area contributed by atoms with Crippen LogP contribution in [0.1, 0.15) is 12.5 Å². The van der Waals surface area contributed by atoms with Crippen molar-refractivity contribution in [3.8, 4) is 0 Å². The number of benzene rings is 1. The van der Waals surface area contributed by atoms with E-state index in [1.54, 1.807) is 30.0 Å². The predicted molar refractivity (Wildman–Crippen MR) is 77.0 cm³/mol. The first-order valence-electron chi connectivity index (χ1n) is 6.29. The molecule has 0 aliphatic carbocycles. The number of carboxylic acids is 1. The van der Waals surface area contributed by atoms with Gasteiger partial charge in [0.1, 0.15) is 16.9 Å². The maximum Gasteiger partial charge on any atom is 0.341 e. The number of nitrogens with zero attached hydrogens (tertiary/aromatic N) is 1. The van der Waals surface area contributed by atoms with Crippen molar-refractivity contribution in [3.05, 3.63) is 58.8 Å². The third kappa shape index (κ3) is 3.19. The van der Waals surface area contributed by atoms with Crippen molar-refractivity contribution in [3.63, 3.8) is 0 Å². The van der Waals surface area contributed by atoms with Crippen LogP contribution in [0.2, 0.25) is 0 Å². The van der Waals surface area contributed by atoms with Gasteiger partial charge in [-0.25, -0.2) is 9.18 Å². The molecule has 1 aliphatic rings. The molecule has 4 nitrogen and oxygen atoms in total. The summed E-state index contributed by atoms with van der Waals surface area (Å²) < 4.78 is 18.5. The van der Waals surface area contributed by atoms with Crippen LogP contribution >= 0.6 is 11.6 Å². The smallest absolute Gasteiger partial charge is 0.341 e. The Balaban J connectivity index is 2.39. The Morgan fingerprint density at radius 2 is 2.24 bits per heavy atom. The summed E-state index contributed by atoms with van der Waals surface area (Å²) in [6, 6.07) is 6.05. The number of carboxylic acid groups (broad SMARTS) is 1. The Hall–Kier alpha value is -2.01. The van der Waals surface area contributed by atoms with Crippen LogP contribution in [0, 0.1) is 5.82 Å². The molecule has 1 aliphatic heterocycles. The maximum atomic E-state index is 13.3. The summed E-state index contributed by atoms with van der Waals surface area (Å²) in [4.78, 5) is 13.0. The number of carbonyl (C=O) groups is 1. The third-order valence-corrected chi connectivity index (χ3v) is 3.57. The first-order valence-corrected chi connectivity index (χ1v) is 6.73. The molecule has 112 valence electrons. The molecule has 0 saturated carbocycles. The highest BCUT2D eigenvalue weighted by molar-refractivity contribution is 6.22. The van der Waals surface area contributed by atoms with E-state index >= 15 is 0 Å². The fourth-order valence-corrected chi connectivity index (χ4v) is 2.62. The van der Waals surface area contributed by atoms with Gasteiger partial charge < -0.3 is 14.7 Å². The van der Waals surface area contributed by atoms with Crippen molar-refractivity contribution in [2.24, 2.45) is 0 Å². The van der Waals surface area contributed by atoms with E-state index in [2.05, 4.69) is 0 Å². The Labute approximate surface area is 127 Å². The molecule has 0 amide bonds. The average Bonchev–Trinajstić information content (AvgIpc) is 2.40. The molecular formula is C15H15ClFNO3. The van der Waals surface area contributed by atoms with Crippen molar-refractivity contribution in [2.45, 2.75) is 19.0 Å². The quantitative estimate of drug-likeness (QED) is 0.686. The number of hydrogen-bond acceptors (Lipinski definition) is 3. The second-order valence-corrected chi connectivity index (χ2v) is 5.12. The predicted octanol–water partition coefficient (Wildman–Crippen LogP) is 3.10. The molecule has 21 heavy (non-hydrogen) atoms. The molecule has 0 spiro atoms. The van der Waals surface area contributed by atoms with E-state index in [-0.39, 0.29) is 23.8 Å². The van der Waals surface area contributed by atoms with Crippen LogP contribution in [0.4, 0.5) is 4.39 Å². The second kappa shape index (κ2) is 6.18. The number of ether oxygens (including phenoxy) is 1. The van der Waals surface area contributed by atoms with Crippen molar-refractivity contribution >= 4 is 17.6 Å². The highest BCUT2D eigenvalue weighted by Gasteiger charge is 2.30. The monoisotopic (exact) mass is 311 g/mol. The summed E-state index contributed by atoms with van der Waals surface area (Å²) in [5.74, 6) is -1.27. The second-order valence-electron chi connectivity index (χ2n) is 4.67. The fraction of sp³-hybridized carbons (Fsp3) is 0.267. The normalized spacial score (nSPS) is 18.6. The Bertz CT molecular complexity index is 627. The van der Waals surface area contributed by atoms with Crippen molar-refractivity contribution in [1.29, 1.82) is 0 Å². The first kappa shape index (κ1) is 15.4. The van der Waals surface area contributed by atoms with Crippen LogP contribution in [0.25, 0.3) is 0 Å². The molecule has 1 atom stereocenters. The van der Waals surface area contributed by atoms with Crippen LogP contribution in [-0.2, 0) is 16.1 Å². The van der Waals surface area contributed by atoms with Gasteiger partial charge in [-0.05, 0) is 36.3 Å². The summed E-state index contributed by atoms with van der Waals surface area (Å²) in [5, 5.41) is 9.32. The summed E-state index contributed by atoms with van der Waals surface area (Å²) in [5.41, 5.74) is 0.708. The topological polar surface area (TPSA) is 49.8 Å². The van der Waals surface area contributed by atoms with Crippen LogP contribution in [0.5, 0.6) is 0 Å². The zero-order valence-electron chi connectivity index (χ0n) is 11.6. The van der Waals surface area contributed by atoms with Gasteiger partial charge in [0.2, 0.25) is 5.88 Å². The van der Waals surface area contributed by atoms with Gasteiger partial charge in [-0.15, -0.1) is 0 Å². The van der Waals surface area contributed by atoms with Gasteiger partial charge in [-0.1, -0.05) is 23.7 Å². The minimum atomic E-state index is -1.09. The minimum absolute atomic E-state index is 0.0609. The van der Waals surface area contributed by atoms with E-state index in [0.29, 0.717) is 11.1 Å². The molecule has 2 rings (SSSR count). The molecule has 6 heteroatoms. The average molecular weight is 312 g/mol. The molecule has 0 bridgehead atoms. The van der Waals surface area contributed by atoms with Gasteiger partial charge in [0.15, 0.2) is 0 Å². The Kier molecular flexibility index (Phi) is 4.53. The first-order chi connectivity index (χ1) is 9.93. The van der Waals surface area contributed by atoms with Crippen molar-refractivity contribution in [2.75, 3.05) is 7.11 Å². The van der Waals surface area contributed by atoms with E-state index in [0.717, 1.165) is 0 Å². The summed E-state index contributed by atoms with van der Waals surface area (Å²) in [6.07, 6.45) is 1.63. The number of rotatable bonds is 4. The number of alkyl halides is 1. The summed E-state index contributed by atoms with van der Waals surface area (Å²) >= 11 is 6.26. The van der Waals surface area contributed by atoms with E-state index in [1.165, 1.54) is 19.2 Å². The van der Waals surface area contributed by atoms with Crippen LogP contribution < -0.4 is 0 Å². The van der Waals surface area contributed by atoms with Gasteiger partial charge >= 0.3 is 5.97 Å². The fourth-order valence-electron chi connectivity index (χ4n) is 2.27. The molecule has 0 aromatic heterocycles. The number of methoxy groups -OCH3 is 1. The standard InChI is InChI=1S/C15H15ClFNO3/c1-9-6-12(16)18(14(21-2)13(9)15(19)20)8-10-4-3-5-11(17)7-10/h3-7,12H,8H2,1-2H3,(H,19,20). The van der Waals surface area contributed by atoms with Crippen LogP contribution in [0.15, 0.2) is 47.4 Å². The van der Waals surface area contributed by atoms with Gasteiger partial charge in [0, 0.05) is 6.54 Å². The van der Waals surface area contributed by atoms with Gasteiger partial charge in [-0.2, -0.15) is 0 Å². The molecule has 0 fully saturated rings. The van der Waals surface area contributed by atoms with Crippen LogP contribution in [0.3, 0.4) is 0 Å². The lowest BCUT2D eigenvalue weighted by Gasteiger charge is -2.33. The number of halogens is 2. The lowest BCUT2D eigenvalue weighted by molar-refractivity contribution is -0.132. The lowest BCUT2D eigenvalue weighted by Crippen LogP contribution is -2.35. The van der Waals surface area contributed by atoms with E-state index in [4.69, 9.17) is 16.3 Å². The largest absolute Gasteiger partial charge is 0.482 e. The Morgan fingerprint density at radius 3 is 2.81 bits per heavy atom. The zero-order chi connectivity index (χ0) is 15.6. The molecule has 1 aromatic carbocycles. The molecule has 0 radical (unpaired) electrons. The highest BCUT2D eigenvalue weighted by atomic mass is 35.5. The van der Waals surface area contributed by atoms with Crippen molar-refractivity contribution in [1.82, 2.24) is 4.90 Å².